The van der Waals surface area contributed by atoms with E-state index in [2.05, 4.69) is 24.8 Å². The lowest BCUT2D eigenvalue weighted by molar-refractivity contribution is -0.137. The van der Waals surface area contributed by atoms with E-state index in [0.29, 0.717) is 24.2 Å². The molecule has 2 fully saturated rings. The molecule has 0 radical (unpaired) electrons. The molecular weight excluding hydrogens is 445 g/mol. The minimum absolute atomic E-state index is 0.0368. The first-order valence-electron chi connectivity index (χ1n) is 11.1. The number of hydrogen-bond acceptors (Lipinski definition) is 7. The van der Waals surface area contributed by atoms with Crippen molar-refractivity contribution in [1.82, 2.24) is 19.9 Å². The molecule has 2 N–H and O–H groups in total. The molecule has 2 aliphatic rings. The number of anilines is 2. The van der Waals surface area contributed by atoms with Crippen molar-refractivity contribution < 1.29 is 18.0 Å². The van der Waals surface area contributed by atoms with Gasteiger partial charge in [-0.1, -0.05) is 0 Å². The van der Waals surface area contributed by atoms with Crippen molar-refractivity contribution >= 4 is 28.8 Å². The van der Waals surface area contributed by atoms with Crippen LogP contribution in [0.1, 0.15) is 29.9 Å². The number of aldehydes is 1. The first kappa shape index (κ1) is 22.1. The van der Waals surface area contributed by atoms with E-state index >= 15 is 0 Å². The molecule has 0 unspecified atom stereocenters. The first-order chi connectivity index (χ1) is 16.3. The van der Waals surface area contributed by atoms with Gasteiger partial charge in [0.1, 0.15) is 24.2 Å². The van der Waals surface area contributed by atoms with Crippen molar-refractivity contribution in [2.45, 2.75) is 24.9 Å². The Bertz CT molecular complexity index is 1260. The van der Waals surface area contributed by atoms with Gasteiger partial charge in [-0.2, -0.15) is 13.2 Å². The summed E-state index contributed by atoms with van der Waals surface area (Å²) in [6, 6.07) is 5.78. The summed E-state index contributed by atoms with van der Waals surface area (Å²) >= 11 is 0. The lowest BCUT2D eigenvalue weighted by atomic mass is 9.94. The SMILES string of the molecule is Nc1ccc(C(F)(F)F)c(-c2cc3ncnc(N4CCN(C=CC=O)CC4)c3cc2C2CC2)n1. The molecule has 1 aliphatic heterocycles. The van der Waals surface area contributed by atoms with Crippen LogP contribution in [0.2, 0.25) is 0 Å². The van der Waals surface area contributed by atoms with Gasteiger partial charge in [-0.3, -0.25) is 4.79 Å². The number of aromatic nitrogens is 3. The number of benzene rings is 1. The predicted molar refractivity (Wildman–Crippen MR) is 123 cm³/mol. The number of alkyl halides is 3. The number of hydrogen-bond donors (Lipinski definition) is 1. The zero-order chi connectivity index (χ0) is 23.9. The minimum atomic E-state index is -4.55. The second kappa shape index (κ2) is 8.58. The smallest absolute Gasteiger partial charge is 0.384 e. The van der Waals surface area contributed by atoms with Crippen molar-refractivity contribution in [2.75, 3.05) is 36.8 Å². The van der Waals surface area contributed by atoms with Gasteiger partial charge in [-0.25, -0.2) is 15.0 Å². The number of allylic oxidation sites excluding steroid dienone is 1. The number of halogens is 3. The Hall–Kier alpha value is -3.69. The number of carbonyl (C=O) groups excluding carboxylic acids is 1. The maximum atomic E-state index is 13.8. The molecule has 0 bridgehead atoms. The normalized spacial score (nSPS) is 17.0. The first-order valence-corrected chi connectivity index (χ1v) is 11.1. The summed E-state index contributed by atoms with van der Waals surface area (Å²) in [6.07, 6.45) is 2.70. The maximum Gasteiger partial charge on any atom is 0.418 e. The third-order valence-electron chi connectivity index (χ3n) is 6.27. The summed E-state index contributed by atoms with van der Waals surface area (Å²) in [4.78, 5) is 27.8. The Morgan fingerprint density at radius 2 is 1.82 bits per heavy atom. The second-order valence-electron chi connectivity index (χ2n) is 8.56. The summed E-state index contributed by atoms with van der Waals surface area (Å²) in [5.41, 5.74) is 6.62. The van der Waals surface area contributed by atoms with Gasteiger partial charge in [-0.05, 0) is 54.7 Å². The molecule has 1 aromatic carbocycles. The molecule has 1 aliphatic carbocycles. The number of rotatable bonds is 5. The van der Waals surface area contributed by atoms with Crippen LogP contribution in [0, 0.1) is 0 Å². The van der Waals surface area contributed by atoms with Gasteiger partial charge in [0.05, 0.1) is 16.8 Å². The monoisotopic (exact) mass is 468 g/mol. The highest BCUT2D eigenvalue weighted by atomic mass is 19.4. The molecule has 2 aromatic heterocycles. The number of fused-ring (bicyclic) bond motifs is 1. The zero-order valence-electron chi connectivity index (χ0n) is 18.3. The highest BCUT2D eigenvalue weighted by Crippen LogP contribution is 2.48. The molecule has 34 heavy (non-hydrogen) atoms. The van der Waals surface area contributed by atoms with Crippen molar-refractivity contribution in [3.63, 3.8) is 0 Å². The topological polar surface area (TPSA) is 88.2 Å². The highest BCUT2D eigenvalue weighted by molar-refractivity contribution is 5.94. The Balaban J connectivity index is 1.59. The molecule has 0 atom stereocenters. The van der Waals surface area contributed by atoms with E-state index in [1.165, 1.54) is 18.5 Å². The van der Waals surface area contributed by atoms with E-state index in [9.17, 15) is 18.0 Å². The number of nitrogen functional groups attached to an aromatic ring is 1. The standard InChI is InChI=1S/C24H23F3N6O/c25-24(26,27)19-4-5-21(28)31-22(19)17-13-20-18(12-16(17)15-2-3-15)23(30-14-29-20)33-9-7-32(8-10-33)6-1-11-34/h1,4-6,11-15H,2-3,7-10H2,(H2,28,31). The van der Waals surface area contributed by atoms with Crippen LogP contribution in [-0.2, 0) is 11.0 Å². The van der Waals surface area contributed by atoms with Gasteiger partial charge in [-0.15, -0.1) is 0 Å². The van der Waals surface area contributed by atoms with E-state index in [4.69, 9.17) is 5.73 Å². The molecule has 1 saturated heterocycles. The molecule has 7 nitrogen and oxygen atoms in total. The van der Waals surface area contributed by atoms with Crippen molar-refractivity contribution in [2.24, 2.45) is 0 Å². The van der Waals surface area contributed by atoms with Gasteiger partial charge >= 0.3 is 6.18 Å². The number of piperazine rings is 1. The molecular formula is C24H23F3N6O. The van der Waals surface area contributed by atoms with Gasteiger partial charge in [0, 0.05) is 43.3 Å². The Kier molecular flexibility index (Phi) is 5.59. The molecule has 176 valence electrons. The van der Waals surface area contributed by atoms with E-state index < -0.39 is 11.7 Å². The minimum Gasteiger partial charge on any atom is -0.384 e. The molecule has 1 saturated carbocycles. The largest absolute Gasteiger partial charge is 0.418 e. The zero-order valence-corrected chi connectivity index (χ0v) is 18.3. The average molecular weight is 468 g/mol. The average Bonchev–Trinajstić information content (AvgIpc) is 3.66. The van der Waals surface area contributed by atoms with Crippen molar-refractivity contribution in [1.29, 1.82) is 0 Å². The van der Waals surface area contributed by atoms with Gasteiger partial charge < -0.3 is 15.5 Å². The quantitative estimate of drug-likeness (QED) is 0.447. The van der Waals surface area contributed by atoms with E-state index in [0.717, 1.165) is 55.1 Å². The Labute approximate surface area is 194 Å². The fraction of sp³-hybridized carbons (Fsp3) is 0.333. The van der Waals surface area contributed by atoms with Crippen LogP contribution < -0.4 is 10.6 Å². The van der Waals surface area contributed by atoms with Crippen molar-refractivity contribution in [3.05, 3.63) is 54.0 Å². The number of nitrogens with two attached hydrogens (primary N) is 1. The fourth-order valence-electron chi connectivity index (χ4n) is 4.44. The lowest BCUT2D eigenvalue weighted by Crippen LogP contribution is -2.44. The number of nitrogens with zero attached hydrogens (tertiary/aromatic N) is 5. The van der Waals surface area contributed by atoms with Crippen molar-refractivity contribution in [3.8, 4) is 11.3 Å². The van der Waals surface area contributed by atoms with Gasteiger partial charge in [0.15, 0.2) is 0 Å². The summed E-state index contributed by atoms with van der Waals surface area (Å²) in [7, 11) is 0. The third-order valence-corrected chi connectivity index (χ3v) is 6.27. The van der Waals surface area contributed by atoms with Crippen LogP contribution in [0.25, 0.3) is 22.2 Å². The third kappa shape index (κ3) is 4.27. The second-order valence-corrected chi connectivity index (χ2v) is 8.56. The van der Waals surface area contributed by atoms with E-state index in [1.54, 1.807) is 12.3 Å². The maximum absolute atomic E-state index is 13.8. The van der Waals surface area contributed by atoms with Crippen LogP contribution in [0.5, 0.6) is 0 Å². The van der Waals surface area contributed by atoms with Crippen LogP contribution in [0.3, 0.4) is 0 Å². The molecule has 10 heteroatoms. The van der Waals surface area contributed by atoms with Crippen LogP contribution in [0.15, 0.2) is 42.9 Å². The predicted octanol–water partition coefficient (Wildman–Crippen LogP) is 4.00. The number of carbonyl (C=O) groups is 1. The molecule has 0 spiro atoms. The lowest BCUT2D eigenvalue weighted by Gasteiger charge is -2.35. The Morgan fingerprint density at radius 3 is 2.50 bits per heavy atom. The molecule has 0 amide bonds. The molecule has 3 heterocycles. The van der Waals surface area contributed by atoms with E-state index in [1.807, 2.05) is 6.07 Å². The summed E-state index contributed by atoms with van der Waals surface area (Å²) in [6.45, 7) is 2.85. The van der Waals surface area contributed by atoms with Gasteiger partial charge in [0.25, 0.3) is 0 Å². The number of pyridine rings is 1. The van der Waals surface area contributed by atoms with Crippen LogP contribution in [0.4, 0.5) is 24.8 Å². The highest BCUT2D eigenvalue weighted by Gasteiger charge is 2.37. The van der Waals surface area contributed by atoms with Crippen LogP contribution >= 0.6 is 0 Å². The van der Waals surface area contributed by atoms with E-state index in [-0.39, 0.29) is 17.4 Å². The van der Waals surface area contributed by atoms with Crippen LogP contribution in [-0.4, -0.2) is 52.3 Å². The summed E-state index contributed by atoms with van der Waals surface area (Å²) < 4.78 is 41.4. The summed E-state index contributed by atoms with van der Waals surface area (Å²) in [5.74, 6) is 0.964. The molecule has 5 rings (SSSR count). The molecule has 3 aromatic rings. The summed E-state index contributed by atoms with van der Waals surface area (Å²) in [5, 5.41) is 0.808. The Morgan fingerprint density at radius 1 is 1.06 bits per heavy atom. The fourth-order valence-corrected chi connectivity index (χ4v) is 4.44. The van der Waals surface area contributed by atoms with Gasteiger partial charge in [0.2, 0.25) is 0 Å².